The molecule has 0 aromatic heterocycles. The molecule has 0 aliphatic carbocycles. The van der Waals surface area contributed by atoms with Crippen molar-refractivity contribution in [1.82, 2.24) is 4.31 Å². The Morgan fingerprint density at radius 1 is 1.38 bits per heavy atom. The molecule has 1 fully saturated rings. The number of benzene rings is 1. The second-order valence-electron chi connectivity index (χ2n) is 6.94. The predicted molar refractivity (Wildman–Crippen MR) is 97.4 cm³/mol. The smallest absolute Gasteiger partial charge is 0.212 e. The van der Waals surface area contributed by atoms with E-state index in [0.717, 1.165) is 24.8 Å². The Morgan fingerprint density at radius 3 is 2.67 bits per heavy atom. The monoisotopic (exact) mass is 368 g/mol. The van der Waals surface area contributed by atoms with Gasteiger partial charge in [-0.1, -0.05) is 24.6 Å². The van der Waals surface area contributed by atoms with Crippen molar-refractivity contribution in [2.75, 3.05) is 13.1 Å². The summed E-state index contributed by atoms with van der Waals surface area (Å²) in [6.45, 7) is 6.94. The van der Waals surface area contributed by atoms with Gasteiger partial charge in [-0.2, -0.15) is 5.26 Å². The summed E-state index contributed by atoms with van der Waals surface area (Å²) < 4.78 is 26.2. The van der Waals surface area contributed by atoms with Crippen LogP contribution in [0.3, 0.4) is 0 Å². The molecule has 6 heteroatoms. The first kappa shape index (κ1) is 19.2. The van der Waals surface area contributed by atoms with Crippen LogP contribution in [0.15, 0.2) is 18.2 Å². The van der Waals surface area contributed by atoms with Crippen LogP contribution in [-0.4, -0.2) is 31.1 Å². The van der Waals surface area contributed by atoms with Crippen LogP contribution in [0.1, 0.15) is 44.7 Å². The molecule has 2 rings (SSSR count). The first-order valence-electron chi connectivity index (χ1n) is 8.43. The van der Waals surface area contributed by atoms with Gasteiger partial charge in [-0.3, -0.25) is 0 Å². The number of hydrogen-bond donors (Lipinski definition) is 0. The molecule has 0 saturated carbocycles. The van der Waals surface area contributed by atoms with Gasteiger partial charge in [-0.05, 0) is 62.6 Å². The van der Waals surface area contributed by atoms with E-state index in [1.165, 1.54) is 0 Å². The summed E-state index contributed by atoms with van der Waals surface area (Å²) in [4.78, 5) is 0. The number of halogens is 1. The molecular formula is C18H25ClN2O2S. The zero-order valence-electron chi connectivity index (χ0n) is 14.5. The minimum Gasteiger partial charge on any atom is -0.212 e. The Balaban J connectivity index is 1.91. The Morgan fingerprint density at radius 2 is 2.08 bits per heavy atom. The molecule has 1 aliphatic heterocycles. The summed E-state index contributed by atoms with van der Waals surface area (Å²) in [6, 6.07) is 7.63. The largest absolute Gasteiger partial charge is 0.216 e. The third kappa shape index (κ3) is 4.30. The molecule has 0 amide bonds. The van der Waals surface area contributed by atoms with E-state index in [4.69, 9.17) is 16.9 Å². The number of nitrogens with zero attached hydrogens (tertiary/aromatic N) is 2. The Hall–Kier alpha value is -1.09. The highest BCUT2D eigenvalue weighted by Crippen LogP contribution is 2.30. The minimum absolute atomic E-state index is 0.354. The molecule has 2 unspecified atom stereocenters. The SMILES string of the molecule is CC(CCc1ccc(C#N)c(Cl)c1)C1CCN(S(=O)(=O)C(C)C)C1. The summed E-state index contributed by atoms with van der Waals surface area (Å²) in [7, 11) is -3.14. The second-order valence-corrected chi connectivity index (χ2v) is 9.84. The standard InChI is InChI=1S/C18H25ClN2O2S/c1-13(2)24(22,23)21-9-8-17(12-21)14(3)4-5-15-6-7-16(11-20)18(19)10-15/h6-7,10,13-14,17H,4-5,8-9,12H2,1-3H3. The van der Waals surface area contributed by atoms with E-state index in [1.807, 2.05) is 12.1 Å². The van der Waals surface area contributed by atoms with Crippen molar-refractivity contribution < 1.29 is 8.42 Å². The van der Waals surface area contributed by atoms with Gasteiger partial charge in [-0.15, -0.1) is 0 Å². The van der Waals surface area contributed by atoms with Crippen molar-refractivity contribution in [3.63, 3.8) is 0 Å². The van der Waals surface area contributed by atoms with Crippen LogP contribution >= 0.6 is 11.6 Å². The van der Waals surface area contributed by atoms with Gasteiger partial charge in [0.05, 0.1) is 15.8 Å². The molecule has 0 spiro atoms. The fraction of sp³-hybridized carbons (Fsp3) is 0.611. The lowest BCUT2D eigenvalue weighted by Gasteiger charge is -2.22. The van der Waals surface area contributed by atoms with Gasteiger partial charge < -0.3 is 0 Å². The average Bonchev–Trinajstić information content (AvgIpc) is 3.03. The molecule has 2 atom stereocenters. The van der Waals surface area contributed by atoms with Gasteiger partial charge >= 0.3 is 0 Å². The molecule has 4 nitrogen and oxygen atoms in total. The molecule has 132 valence electrons. The number of rotatable bonds is 6. The summed E-state index contributed by atoms with van der Waals surface area (Å²) in [5, 5.41) is 9.06. The van der Waals surface area contributed by atoms with Crippen LogP contribution in [0.2, 0.25) is 5.02 Å². The highest BCUT2D eigenvalue weighted by Gasteiger charge is 2.35. The molecule has 1 heterocycles. The van der Waals surface area contributed by atoms with E-state index in [0.29, 0.717) is 35.5 Å². The highest BCUT2D eigenvalue weighted by atomic mass is 35.5. The zero-order chi connectivity index (χ0) is 17.9. The molecule has 1 aromatic carbocycles. The fourth-order valence-electron chi connectivity index (χ4n) is 3.18. The van der Waals surface area contributed by atoms with E-state index in [-0.39, 0.29) is 5.25 Å². The topological polar surface area (TPSA) is 61.2 Å². The van der Waals surface area contributed by atoms with Crippen molar-refractivity contribution in [3.05, 3.63) is 34.3 Å². The number of hydrogen-bond acceptors (Lipinski definition) is 3. The molecule has 0 bridgehead atoms. The van der Waals surface area contributed by atoms with E-state index in [9.17, 15) is 8.42 Å². The summed E-state index contributed by atoms with van der Waals surface area (Å²) in [5.41, 5.74) is 1.62. The quantitative estimate of drug-likeness (QED) is 0.766. The van der Waals surface area contributed by atoms with Gasteiger partial charge in [0.2, 0.25) is 10.0 Å². The van der Waals surface area contributed by atoms with Crippen LogP contribution in [0.5, 0.6) is 0 Å². The van der Waals surface area contributed by atoms with Crippen LogP contribution in [0.25, 0.3) is 0 Å². The van der Waals surface area contributed by atoms with Crippen LogP contribution in [0.4, 0.5) is 0 Å². The van der Waals surface area contributed by atoms with Gasteiger partial charge in [-0.25, -0.2) is 12.7 Å². The average molecular weight is 369 g/mol. The summed E-state index contributed by atoms with van der Waals surface area (Å²) in [6.07, 6.45) is 2.81. The van der Waals surface area contributed by atoms with E-state index < -0.39 is 10.0 Å². The zero-order valence-corrected chi connectivity index (χ0v) is 16.1. The molecule has 1 saturated heterocycles. The fourth-order valence-corrected chi connectivity index (χ4v) is 4.78. The first-order valence-corrected chi connectivity index (χ1v) is 10.3. The predicted octanol–water partition coefficient (Wildman–Crippen LogP) is 3.84. The molecular weight excluding hydrogens is 344 g/mol. The second kappa shape index (κ2) is 7.86. The Labute approximate surface area is 150 Å². The minimum atomic E-state index is -3.14. The Bertz CT molecular complexity index is 725. The van der Waals surface area contributed by atoms with Gasteiger partial charge in [0.15, 0.2) is 0 Å². The molecule has 24 heavy (non-hydrogen) atoms. The highest BCUT2D eigenvalue weighted by molar-refractivity contribution is 7.89. The third-order valence-corrected chi connectivity index (χ3v) is 7.55. The third-order valence-electron chi connectivity index (χ3n) is 4.99. The summed E-state index contributed by atoms with van der Waals surface area (Å²) >= 11 is 6.07. The maximum atomic E-state index is 12.3. The van der Waals surface area contributed by atoms with Crippen LogP contribution in [-0.2, 0) is 16.4 Å². The summed E-state index contributed by atoms with van der Waals surface area (Å²) in [5.74, 6) is 0.860. The molecule has 1 aromatic rings. The van der Waals surface area contributed by atoms with Crippen molar-refractivity contribution in [2.45, 2.75) is 45.3 Å². The normalized spacial score (nSPS) is 20.2. The van der Waals surface area contributed by atoms with E-state index >= 15 is 0 Å². The van der Waals surface area contributed by atoms with Gasteiger partial charge in [0.25, 0.3) is 0 Å². The number of nitriles is 1. The van der Waals surface area contributed by atoms with E-state index in [1.54, 1.807) is 24.2 Å². The first-order chi connectivity index (χ1) is 11.3. The van der Waals surface area contributed by atoms with Crippen molar-refractivity contribution >= 4 is 21.6 Å². The van der Waals surface area contributed by atoms with Crippen LogP contribution < -0.4 is 0 Å². The van der Waals surface area contributed by atoms with Crippen molar-refractivity contribution in [2.24, 2.45) is 11.8 Å². The number of sulfonamides is 1. The molecule has 1 aliphatic rings. The molecule has 0 radical (unpaired) electrons. The maximum Gasteiger partial charge on any atom is 0.216 e. The number of aryl methyl sites for hydroxylation is 1. The lowest BCUT2D eigenvalue weighted by molar-refractivity contribution is 0.345. The van der Waals surface area contributed by atoms with Gasteiger partial charge in [0, 0.05) is 13.1 Å². The van der Waals surface area contributed by atoms with E-state index in [2.05, 4.69) is 13.0 Å². The van der Waals surface area contributed by atoms with Gasteiger partial charge in [0.1, 0.15) is 6.07 Å². The van der Waals surface area contributed by atoms with Crippen molar-refractivity contribution in [1.29, 1.82) is 5.26 Å². The van der Waals surface area contributed by atoms with Crippen molar-refractivity contribution in [3.8, 4) is 6.07 Å². The maximum absolute atomic E-state index is 12.3. The lowest BCUT2D eigenvalue weighted by atomic mass is 9.88. The van der Waals surface area contributed by atoms with Crippen LogP contribution in [0, 0.1) is 23.2 Å². The Kier molecular flexibility index (Phi) is 6.30. The molecule has 0 N–H and O–H groups in total. The lowest BCUT2D eigenvalue weighted by Crippen LogP contribution is -2.35.